The first-order valence-corrected chi connectivity index (χ1v) is 14.2. The van der Waals surface area contributed by atoms with Gasteiger partial charge in [-0.2, -0.15) is 0 Å². The number of carbonyl (C=O) groups is 1. The van der Waals surface area contributed by atoms with Gasteiger partial charge in [0, 0.05) is 19.6 Å². The molecule has 4 heteroatoms. The lowest BCUT2D eigenvalue weighted by Crippen LogP contribution is -2.67. The molecule has 2 aromatic rings. The molecule has 0 heterocycles. The van der Waals surface area contributed by atoms with Gasteiger partial charge in [0.05, 0.1) is 6.10 Å². The van der Waals surface area contributed by atoms with Crippen LogP contribution in [0.3, 0.4) is 0 Å². The average molecular weight is 467 g/mol. The van der Waals surface area contributed by atoms with E-state index in [0.717, 1.165) is 38.4 Å². The van der Waals surface area contributed by atoms with E-state index in [-0.39, 0.29) is 17.2 Å². The maximum atomic E-state index is 10.6. The predicted molar refractivity (Wildman–Crippen MR) is 142 cm³/mol. The normalized spacial score (nSPS) is 14.3. The van der Waals surface area contributed by atoms with E-state index in [1.807, 2.05) is 0 Å². The van der Waals surface area contributed by atoms with Crippen molar-refractivity contribution in [3.05, 3.63) is 72.8 Å². The summed E-state index contributed by atoms with van der Waals surface area (Å²) in [6.07, 6.45) is 11.1. The lowest BCUT2D eigenvalue weighted by atomic mass is 10.1. The smallest absolute Gasteiger partial charge is 0.261 e. The lowest BCUT2D eigenvalue weighted by Gasteiger charge is -2.44. The SMILES string of the molecule is CO[C@H](CC=O)CC/C=C/CCC[C@H](C)O[Si](c1ccccc1)(c1ccccc1)C(C)(C)C. The van der Waals surface area contributed by atoms with Gasteiger partial charge in [0.2, 0.25) is 0 Å². The number of carbonyl (C=O) groups excluding carboxylic acids is 1. The zero-order chi connectivity index (χ0) is 24.2. The molecule has 0 aliphatic heterocycles. The summed E-state index contributed by atoms with van der Waals surface area (Å²) in [4.78, 5) is 10.6. The van der Waals surface area contributed by atoms with Gasteiger partial charge in [-0.05, 0) is 54.4 Å². The van der Waals surface area contributed by atoms with Crippen LogP contribution in [0.4, 0.5) is 0 Å². The van der Waals surface area contributed by atoms with Crippen LogP contribution in [0, 0.1) is 0 Å². The van der Waals surface area contributed by atoms with Crippen molar-refractivity contribution >= 4 is 25.0 Å². The first-order valence-electron chi connectivity index (χ1n) is 12.3. The van der Waals surface area contributed by atoms with Crippen LogP contribution in [0.15, 0.2) is 72.8 Å². The van der Waals surface area contributed by atoms with Crippen molar-refractivity contribution in [1.29, 1.82) is 0 Å². The van der Waals surface area contributed by atoms with E-state index in [0.29, 0.717) is 6.42 Å². The molecule has 2 atom stereocenters. The molecule has 0 saturated carbocycles. The Morgan fingerprint density at radius 2 is 1.42 bits per heavy atom. The average Bonchev–Trinajstić information content (AvgIpc) is 2.81. The van der Waals surface area contributed by atoms with E-state index in [2.05, 4.69) is 101 Å². The fourth-order valence-electron chi connectivity index (χ4n) is 4.53. The van der Waals surface area contributed by atoms with Gasteiger partial charge < -0.3 is 14.0 Å². The minimum Gasteiger partial charge on any atom is -0.405 e. The van der Waals surface area contributed by atoms with Crippen LogP contribution in [0.5, 0.6) is 0 Å². The van der Waals surface area contributed by atoms with Gasteiger partial charge in [-0.3, -0.25) is 0 Å². The molecule has 33 heavy (non-hydrogen) atoms. The number of hydrogen-bond donors (Lipinski definition) is 0. The molecule has 0 unspecified atom stereocenters. The zero-order valence-corrected chi connectivity index (χ0v) is 22.1. The van der Waals surface area contributed by atoms with Gasteiger partial charge in [-0.15, -0.1) is 0 Å². The maximum absolute atomic E-state index is 10.6. The number of hydrogen-bond acceptors (Lipinski definition) is 3. The molecule has 0 aromatic heterocycles. The van der Waals surface area contributed by atoms with Crippen molar-refractivity contribution in [1.82, 2.24) is 0 Å². The molecule has 3 nitrogen and oxygen atoms in total. The van der Waals surface area contributed by atoms with Crippen molar-refractivity contribution in [2.75, 3.05) is 7.11 Å². The molecular weight excluding hydrogens is 424 g/mol. The highest BCUT2D eigenvalue weighted by atomic mass is 28.4. The standard InChI is InChI=1S/C29H42O3Si/c1-25(17-11-7-6-8-12-18-26(31-5)23-24-30)32-33(29(2,3)4,27-19-13-9-14-20-27)28-21-15-10-16-22-28/h6,8-10,13-16,19-22,24-26H,7,11-12,17-18,23H2,1-5H3/b8-6+/t25-,26-/m0/s1. The molecule has 0 saturated heterocycles. The highest BCUT2D eigenvalue weighted by Crippen LogP contribution is 2.37. The molecule has 2 rings (SSSR count). The fraction of sp³-hybridized carbons (Fsp3) is 0.483. The van der Waals surface area contributed by atoms with Crippen LogP contribution in [0.25, 0.3) is 0 Å². The maximum Gasteiger partial charge on any atom is 0.261 e. The summed E-state index contributed by atoms with van der Waals surface area (Å²) >= 11 is 0. The largest absolute Gasteiger partial charge is 0.405 e. The third kappa shape index (κ3) is 7.77. The van der Waals surface area contributed by atoms with Crippen molar-refractivity contribution in [2.24, 2.45) is 0 Å². The van der Waals surface area contributed by atoms with Crippen molar-refractivity contribution < 1.29 is 14.0 Å². The quantitative estimate of drug-likeness (QED) is 0.147. The molecule has 0 spiro atoms. The molecular formula is C29H42O3Si. The molecule has 0 aliphatic rings. The molecule has 0 aliphatic carbocycles. The predicted octanol–water partition coefficient (Wildman–Crippen LogP) is 6.06. The van der Waals surface area contributed by atoms with Crippen LogP contribution in [0.2, 0.25) is 5.04 Å². The van der Waals surface area contributed by atoms with E-state index in [1.54, 1.807) is 7.11 Å². The number of benzene rings is 2. The summed E-state index contributed by atoms with van der Waals surface area (Å²) in [5.41, 5.74) is 0. The second-order valence-corrected chi connectivity index (χ2v) is 14.1. The molecule has 0 bridgehead atoms. The second kappa shape index (κ2) is 13.6. The Morgan fingerprint density at radius 1 is 0.879 bits per heavy atom. The Kier molecular flexibility index (Phi) is 11.3. The van der Waals surface area contributed by atoms with Crippen LogP contribution in [-0.4, -0.2) is 33.9 Å². The van der Waals surface area contributed by atoms with Crippen molar-refractivity contribution in [3.63, 3.8) is 0 Å². The molecule has 0 fully saturated rings. The second-order valence-electron chi connectivity index (χ2n) is 9.83. The summed E-state index contributed by atoms with van der Waals surface area (Å²) in [7, 11) is -0.807. The Bertz CT molecular complexity index is 787. The van der Waals surface area contributed by atoms with E-state index in [4.69, 9.17) is 9.16 Å². The highest BCUT2D eigenvalue weighted by molar-refractivity contribution is 6.99. The molecule has 0 N–H and O–H groups in total. The Morgan fingerprint density at radius 3 is 1.91 bits per heavy atom. The molecule has 2 aromatic carbocycles. The summed E-state index contributed by atoms with van der Waals surface area (Å²) < 4.78 is 12.5. The third-order valence-corrected chi connectivity index (χ3v) is 11.5. The monoisotopic (exact) mass is 466 g/mol. The Hall–Kier alpha value is -2.01. The number of allylic oxidation sites excluding steroid dienone is 2. The minimum absolute atomic E-state index is 0.00325. The summed E-state index contributed by atoms with van der Waals surface area (Å²) in [5, 5.41) is 2.67. The van der Waals surface area contributed by atoms with Crippen LogP contribution < -0.4 is 10.4 Å². The number of methoxy groups -OCH3 is 1. The van der Waals surface area contributed by atoms with E-state index in [9.17, 15) is 4.79 Å². The summed E-state index contributed by atoms with van der Waals surface area (Å²) in [5.74, 6) is 0. The first kappa shape index (κ1) is 27.2. The van der Waals surface area contributed by atoms with E-state index >= 15 is 0 Å². The number of unbranched alkanes of at least 4 members (excludes halogenated alkanes) is 1. The lowest BCUT2D eigenvalue weighted by molar-refractivity contribution is -0.110. The first-order chi connectivity index (χ1) is 15.8. The van der Waals surface area contributed by atoms with Gasteiger partial charge in [-0.1, -0.05) is 93.6 Å². The summed E-state index contributed by atoms with van der Waals surface area (Å²) in [6.45, 7) is 9.21. The fourth-order valence-corrected chi connectivity index (χ4v) is 9.27. The number of aldehydes is 1. The van der Waals surface area contributed by atoms with Crippen molar-refractivity contribution in [2.45, 2.75) is 83.5 Å². The van der Waals surface area contributed by atoms with Crippen LogP contribution in [0.1, 0.15) is 66.2 Å². The topological polar surface area (TPSA) is 35.5 Å². The Labute approximate surface area is 202 Å². The molecule has 180 valence electrons. The minimum atomic E-state index is -2.48. The van der Waals surface area contributed by atoms with Gasteiger partial charge in [0.25, 0.3) is 8.32 Å². The third-order valence-electron chi connectivity index (χ3n) is 6.29. The molecule has 0 amide bonds. The van der Waals surface area contributed by atoms with Gasteiger partial charge in [-0.25, -0.2) is 0 Å². The van der Waals surface area contributed by atoms with Crippen LogP contribution in [-0.2, 0) is 14.0 Å². The van der Waals surface area contributed by atoms with E-state index in [1.165, 1.54) is 10.4 Å². The van der Waals surface area contributed by atoms with Gasteiger partial charge in [0.1, 0.15) is 6.29 Å². The van der Waals surface area contributed by atoms with Gasteiger partial charge >= 0.3 is 0 Å². The van der Waals surface area contributed by atoms with Gasteiger partial charge in [0.15, 0.2) is 0 Å². The van der Waals surface area contributed by atoms with Crippen LogP contribution >= 0.6 is 0 Å². The van der Waals surface area contributed by atoms with E-state index < -0.39 is 8.32 Å². The Balaban J connectivity index is 2.04. The van der Waals surface area contributed by atoms with Crippen molar-refractivity contribution in [3.8, 4) is 0 Å². The molecule has 0 radical (unpaired) electrons. The zero-order valence-electron chi connectivity index (χ0n) is 21.1. The number of ether oxygens (including phenoxy) is 1. The highest BCUT2D eigenvalue weighted by Gasteiger charge is 2.50. The summed E-state index contributed by atoms with van der Waals surface area (Å²) in [6, 6.07) is 21.7. The number of rotatable bonds is 14.